The van der Waals surface area contributed by atoms with E-state index in [-0.39, 0.29) is 20.1 Å². The normalized spacial score (nSPS) is 12.8. The van der Waals surface area contributed by atoms with Gasteiger partial charge in [0.15, 0.2) is 0 Å². The fraction of sp³-hybridized carbons (Fsp3) is 0. The first-order valence-electron chi connectivity index (χ1n) is 51.7. The molecule has 6 aliphatic heterocycles. The highest BCUT2D eigenvalue weighted by Crippen LogP contribution is 2.53. The Kier molecular flexibility index (Phi) is 21.1. The molecule has 0 fully saturated rings. The summed E-state index contributed by atoms with van der Waals surface area (Å²) >= 11 is 0. The second kappa shape index (κ2) is 36.3. The van der Waals surface area contributed by atoms with E-state index < -0.39 is 0 Å². The predicted octanol–water partition coefficient (Wildman–Crippen LogP) is 30.8. The maximum absolute atomic E-state index is 6.42. The third-order valence-electron chi connectivity index (χ3n) is 31.0. The quantitative estimate of drug-likeness (QED) is 0.106. The molecule has 700 valence electrons. The van der Waals surface area contributed by atoms with Crippen molar-refractivity contribution in [1.82, 2.24) is 4.57 Å². The van der Waals surface area contributed by atoms with Gasteiger partial charge in [0.2, 0.25) is 0 Å². The molecular weight excluding hydrogens is 1820 g/mol. The van der Waals surface area contributed by atoms with Gasteiger partial charge >= 0.3 is 0 Å². The molecule has 150 heavy (non-hydrogen) atoms. The molecule has 31 rings (SSSR count). The summed E-state index contributed by atoms with van der Waals surface area (Å²) in [4.78, 5) is 17.2. The van der Waals surface area contributed by atoms with Crippen LogP contribution in [0.25, 0.3) is 82.8 Å². The maximum atomic E-state index is 6.42. The highest BCUT2D eigenvalue weighted by molar-refractivity contribution is 7.02. The summed E-state index contributed by atoms with van der Waals surface area (Å²) in [5, 5.41) is 4.83. The topological polar surface area (TPSA) is 40.8 Å². The number of furan rings is 1. The first-order valence-corrected chi connectivity index (χ1v) is 51.7. The molecule has 0 radical (unpaired) electrons. The Hall–Kier alpha value is -19.5. The number of benzene rings is 23. The van der Waals surface area contributed by atoms with Gasteiger partial charge in [-0.15, -0.1) is 0 Å². The number of rotatable bonds is 13. The summed E-state index contributed by atoms with van der Waals surface area (Å²) in [6.07, 6.45) is 0. The molecule has 8 heterocycles. The zero-order valence-electron chi connectivity index (χ0n) is 81.9. The summed E-state index contributed by atoms with van der Waals surface area (Å²) in [6.45, 7) is 0.287. The smallest absolute Gasteiger partial charge is 0.252 e. The van der Waals surface area contributed by atoms with Crippen LogP contribution in [-0.2, 0) is 0 Å². The van der Waals surface area contributed by atoms with E-state index in [9.17, 15) is 0 Å². The summed E-state index contributed by atoms with van der Waals surface area (Å²) in [7, 11) is 0. The molecule has 9 nitrogen and oxygen atoms in total. The zero-order valence-corrected chi connectivity index (χ0v) is 81.9. The van der Waals surface area contributed by atoms with Gasteiger partial charge in [0.05, 0.1) is 16.7 Å². The lowest BCUT2D eigenvalue weighted by Crippen LogP contribution is -2.61. The van der Waals surface area contributed by atoms with Gasteiger partial charge in [-0.25, -0.2) is 0 Å². The van der Waals surface area contributed by atoms with Gasteiger partial charge in [-0.3, -0.25) is 0 Å². The molecule has 0 bridgehead atoms. The molecule has 0 amide bonds. The van der Waals surface area contributed by atoms with Crippen LogP contribution in [0.15, 0.2) is 569 Å². The van der Waals surface area contributed by atoms with E-state index >= 15 is 0 Å². The highest BCUT2D eigenvalue weighted by atomic mass is 16.3. The number of hydrogen-bond acceptors (Lipinski definition) is 8. The largest absolute Gasteiger partial charge is 0.455 e. The van der Waals surface area contributed by atoms with Gasteiger partial charge in [-0.1, -0.05) is 364 Å². The van der Waals surface area contributed by atoms with Crippen LogP contribution >= 0.6 is 0 Å². The van der Waals surface area contributed by atoms with Crippen LogP contribution in [0.3, 0.4) is 0 Å². The van der Waals surface area contributed by atoms with Gasteiger partial charge in [0.1, 0.15) is 11.2 Å². The molecule has 0 unspecified atom stereocenters. The Balaban J connectivity index is 0.000000106. The first kappa shape index (κ1) is 87.1. The van der Waals surface area contributed by atoms with Gasteiger partial charge in [-0.2, -0.15) is 0 Å². The SMILES string of the molecule is c1ccc(N(c2ccccc2)c2cc3c4c(c2)N(c2ccccc2)c2ccccc2B4c2ccccc2N3c2ccccc2)cc1.c1ccc(N2c3ccccc3B3c4ccccc4N(c4ccccc4)c4cc(-c5ccc(-c6cccc7c6oc6ccccc67)cc5)cc2c43)cc1.c1ccc(N2c3ccccc3B3c4ccccc4N(c4ccccc4)c4cc(-c5ccc(-n6c7ccccc7c7ccccc76)cc5)cc2c43)cc1. The Morgan fingerprint density at radius 3 is 0.747 bits per heavy atom. The molecule has 0 spiro atoms. The van der Waals surface area contributed by atoms with E-state index in [1.807, 2.05) is 12.1 Å². The number of fused-ring (bicyclic) bond motifs is 18. The Morgan fingerprint density at radius 1 is 0.167 bits per heavy atom. The predicted molar refractivity (Wildman–Crippen MR) is 634 cm³/mol. The molecule has 12 heteroatoms. The second-order valence-electron chi connectivity index (χ2n) is 39.2. The minimum atomic E-state index is 0.0910. The minimum absolute atomic E-state index is 0.0910. The van der Waals surface area contributed by atoms with Crippen molar-refractivity contribution >= 4 is 232 Å². The second-order valence-corrected chi connectivity index (χ2v) is 39.2. The molecule has 0 saturated carbocycles. The minimum Gasteiger partial charge on any atom is -0.455 e. The molecular formula is C138H93B3N8O. The molecule has 0 atom stereocenters. The number of anilines is 21. The van der Waals surface area contributed by atoms with Crippen molar-refractivity contribution in [2.45, 2.75) is 0 Å². The van der Waals surface area contributed by atoms with E-state index in [2.05, 4.69) is 591 Å². The van der Waals surface area contributed by atoms with Crippen molar-refractivity contribution in [1.29, 1.82) is 0 Å². The molecule has 6 aliphatic rings. The molecule has 25 aromatic rings. The van der Waals surface area contributed by atoms with Crippen molar-refractivity contribution in [2.24, 2.45) is 0 Å². The van der Waals surface area contributed by atoms with Gasteiger partial charge in [-0.05, 0) is 277 Å². The van der Waals surface area contributed by atoms with E-state index in [4.69, 9.17) is 4.42 Å². The third-order valence-corrected chi connectivity index (χ3v) is 31.0. The number of aromatic nitrogens is 1. The van der Waals surface area contributed by atoms with Crippen LogP contribution in [0.5, 0.6) is 0 Å². The lowest BCUT2D eigenvalue weighted by atomic mass is 9.33. The first-order chi connectivity index (χ1) is 74.5. The number of para-hydroxylation sites is 18. The summed E-state index contributed by atoms with van der Waals surface area (Å²) in [5.41, 5.74) is 48.9. The van der Waals surface area contributed by atoms with Crippen LogP contribution < -0.4 is 83.5 Å². The average Bonchev–Trinajstić information content (AvgIpc) is 1.72. The maximum Gasteiger partial charge on any atom is 0.252 e. The van der Waals surface area contributed by atoms with Gasteiger partial charge in [0, 0.05) is 147 Å². The van der Waals surface area contributed by atoms with Crippen LogP contribution in [0.2, 0.25) is 0 Å². The van der Waals surface area contributed by atoms with Crippen molar-refractivity contribution in [2.75, 3.05) is 34.3 Å². The highest BCUT2D eigenvalue weighted by Gasteiger charge is 2.48. The third kappa shape index (κ3) is 14.3. The number of hydrogen-bond donors (Lipinski definition) is 0. The monoisotopic (exact) mass is 1910 g/mol. The fourth-order valence-corrected chi connectivity index (χ4v) is 24.7. The molecule has 0 N–H and O–H groups in total. The fourth-order valence-electron chi connectivity index (χ4n) is 24.7. The van der Waals surface area contributed by atoms with Crippen molar-refractivity contribution in [3.8, 4) is 39.1 Å². The molecule has 23 aromatic carbocycles. The lowest BCUT2D eigenvalue weighted by molar-refractivity contribution is 0.670. The van der Waals surface area contributed by atoms with E-state index in [1.54, 1.807) is 0 Å². The Morgan fingerprint density at radius 2 is 0.420 bits per heavy atom. The van der Waals surface area contributed by atoms with Crippen molar-refractivity contribution in [3.05, 3.63) is 564 Å². The zero-order chi connectivity index (χ0) is 98.8. The standard InChI is InChI=1S/C48H32BN3.C48H31BN2O.C42H30BN3/c1-3-15-35(16-4-1)51-44-25-13-9-21-40(44)49-41-22-10-14-26-45(41)52(36-17-5-2-6-18-36)47-32-34(31-46(51)48(47)49)33-27-29-37(30-28-33)50-42-23-11-7-19-38(42)39-20-8-12-24-43(39)50;1-3-14-35(15-4-1)50-42-23-10-8-21-40(42)49-41-22-9-11-24-43(41)51(36-16-5-2-6-17-36)45-31-34(30-44(50)47(45)49)32-26-28-33(29-27-32)37-19-13-20-39-38-18-7-12-25-46(38)52-48(37)39;1-5-17-31(18-6-1)44(32-19-7-2-8-20-32)35-29-40-42-41(30-35)46(34-23-11-4-12-24-34)39-28-16-14-26-37(39)43(42)36-25-13-15-27-38(36)45(40)33-21-9-3-10-22-33/h1-32H;1-31H;1-30H. The number of nitrogens with zero attached hydrogens (tertiary/aromatic N) is 8. The van der Waals surface area contributed by atoms with Gasteiger partial charge in [0.25, 0.3) is 20.1 Å². The van der Waals surface area contributed by atoms with Gasteiger partial charge < -0.3 is 43.3 Å². The Bertz CT molecular complexity index is 9080. The van der Waals surface area contributed by atoms with E-state index in [0.29, 0.717) is 0 Å². The summed E-state index contributed by atoms with van der Waals surface area (Å²) < 4.78 is 8.80. The average molecular weight is 1910 g/mol. The van der Waals surface area contributed by atoms with Crippen LogP contribution in [0, 0.1) is 0 Å². The van der Waals surface area contributed by atoms with E-state index in [1.165, 1.54) is 156 Å². The molecule has 2 aromatic heterocycles. The van der Waals surface area contributed by atoms with Crippen LogP contribution in [0.1, 0.15) is 0 Å². The van der Waals surface area contributed by atoms with Crippen LogP contribution in [0.4, 0.5) is 119 Å². The van der Waals surface area contributed by atoms with Crippen LogP contribution in [-0.4, -0.2) is 24.7 Å². The van der Waals surface area contributed by atoms with E-state index in [0.717, 1.165) is 95.5 Å². The summed E-state index contributed by atoms with van der Waals surface area (Å²) in [5.74, 6) is 0. The lowest BCUT2D eigenvalue weighted by Gasteiger charge is -2.45. The molecule has 0 aliphatic carbocycles. The Labute approximate surface area is 872 Å². The summed E-state index contributed by atoms with van der Waals surface area (Å²) in [6, 6.07) is 204. The molecule has 0 saturated heterocycles. The van der Waals surface area contributed by atoms with Crippen molar-refractivity contribution in [3.63, 3.8) is 0 Å². The van der Waals surface area contributed by atoms with Crippen molar-refractivity contribution < 1.29 is 4.42 Å².